The maximum absolute atomic E-state index is 14.0. The third kappa shape index (κ3) is 5.92. The summed E-state index contributed by atoms with van der Waals surface area (Å²) in [6.45, 7) is 3.63. The molecule has 1 amide bonds. The summed E-state index contributed by atoms with van der Waals surface area (Å²) in [6.07, 6.45) is -3.85. The van der Waals surface area contributed by atoms with Crippen molar-refractivity contribution in [3.05, 3.63) is 113 Å². The number of alkyl halides is 3. The SMILES string of the molecule is Cc1nc(-c2cccc(F)c2)nc(N2CCN(C(=O)c3ccc(C(F)(F)F)cc3)CC2)c1Cc1ccccc1. The Bertz CT molecular complexity index is 1470. The van der Waals surface area contributed by atoms with Gasteiger partial charge in [-0.15, -0.1) is 0 Å². The summed E-state index contributed by atoms with van der Waals surface area (Å²) in [5.74, 6) is 0.459. The molecule has 1 aliphatic rings. The van der Waals surface area contributed by atoms with Crippen LogP contribution in [0.5, 0.6) is 0 Å². The van der Waals surface area contributed by atoms with Gasteiger partial charge in [-0.3, -0.25) is 4.79 Å². The number of carbonyl (C=O) groups is 1. The lowest BCUT2D eigenvalue weighted by atomic mass is 10.0. The molecule has 0 saturated carbocycles. The number of anilines is 1. The lowest BCUT2D eigenvalue weighted by Gasteiger charge is -2.36. The van der Waals surface area contributed by atoms with E-state index in [1.165, 1.54) is 24.3 Å². The molecule has 3 aromatic carbocycles. The minimum atomic E-state index is -4.45. The highest BCUT2D eigenvalue weighted by molar-refractivity contribution is 5.94. The molecule has 0 radical (unpaired) electrons. The van der Waals surface area contributed by atoms with Crippen molar-refractivity contribution in [1.29, 1.82) is 0 Å². The smallest absolute Gasteiger partial charge is 0.353 e. The first-order valence-electron chi connectivity index (χ1n) is 12.6. The van der Waals surface area contributed by atoms with Crippen LogP contribution in [0.25, 0.3) is 11.4 Å². The number of piperazine rings is 1. The molecule has 4 aromatic rings. The van der Waals surface area contributed by atoms with Crippen LogP contribution in [0, 0.1) is 12.7 Å². The first kappa shape index (κ1) is 26.3. The molecule has 200 valence electrons. The third-order valence-corrected chi connectivity index (χ3v) is 6.82. The second-order valence-corrected chi connectivity index (χ2v) is 9.46. The topological polar surface area (TPSA) is 49.3 Å². The Kier molecular flexibility index (Phi) is 7.32. The van der Waals surface area contributed by atoms with Crippen LogP contribution in [0.15, 0.2) is 78.9 Å². The molecule has 1 saturated heterocycles. The van der Waals surface area contributed by atoms with E-state index in [1.807, 2.05) is 37.3 Å². The molecule has 9 heteroatoms. The second kappa shape index (κ2) is 10.8. The molecule has 0 spiro atoms. The first-order chi connectivity index (χ1) is 18.7. The van der Waals surface area contributed by atoms with Crippen LogP contribution in [0.3, 0.4) is 0 Å². The molecule has 0 bridgehead atoms. The lowest BCUT2D eigenvalue weighted by Crippen LogP contribution is -2.49. The van der Waals surface area contributed by atoms with E-state index in [1.54, 1.807) is 17.0 Å². The van der Waals surface area contributed by atoms with Crippen LogP contribution < -0.4 is 4.90 Å². The van der Waals surface area contributed by atoms with Crippen molar-refractivity contribution >= 4 is 11.7 Å². The fraction of sp³-hybridized carbons (Fsp3) is 0.233. The number of hydrogen-bond donors (Lipinski definition) is 0. The van der Waals surface area contributed by atoms with Crippen molar-refractivity contribution in [1.82, 2.24) is 14.9 Å². The van der Waals surface area contributed by atoms with E-state index in [4.69, 9.17) is 9.97 Å². The average Bonchev–Trinajstić information content (AvgIpc) is 2.94. The molecular formula is C30H26F4N4O. The van der Waals surface area contributed by atoms with Crippen molar-refractivity contribution < 1.29 is 22.4 Å². The van der Waals surface area contributed by atoms with Crippen LogP contribution >= 0.6 is 0 Å². The Morgan fingerprint density at radius 3 is 2.21 bits per heavy atom. The van der Waals surface area contributed by atoms with Gasteiger partial charge in [0.15, 0.2) is 5.82 Å². The molecule has 2 heterocycles. The second-order valence-electron chi connectivity index (χ2n) is 9.46. The van der Waals surface area contributed by atoms with Gasteiger partial charge < -0.3 is 9.80 Å². The molecule has 0 N–H and O–H groups in total. The Morgan fingerprint density at radius 2 is 1.56 bits per heavy atom. The molecule has 5 nitrogen and oxygen atoms in total. The number of nitrogens with zero attached hydrogens (tertiary/aromatic N) is 4. The van der Waals surface area contributed by atoms with Gasteiger partial charge in [-0.25, -0.2) is 14.4 Å². The van der Waals surface area contributed by atoms with E-state index in [9.17, 15) is 22.4 Å². The van der Waals surface area contributed by atoms with E-state index in [0.717, 1.165) is 34.8 Å². The lowest BCUT2D eigenvalue weighted by molar-refractivity contribution is -0.137. The summed E-state index contributed by atoms with van der Waals surface area (Å²) in [7, 11) is 0. The van der Waals surface area contributed by atoms with Gasteiger partial charge in [0.05, 0.1) is 5.56 Å². The highest BCUT2D eigenvalue weighted by Gasteiger charge is 2.31. The number of halogens is 4. The van der Waals surface area contributed by atoms with E-state index in [-0.39, 0.29) is 17.3 Å². The Hall–Kier alpha value is -4.27. The van der Waals surface area contributed by atoms with Gasteiger partial charge in [-0.2, -0.15) is 13.2 Å². The average molecular weight is 535 g/mol. The zero-order valence-corrected chi connectivity index (χ0v) is 21.3. The number of amides is 1. The molecule has 0 aliphatic carbocycles. The maximum Gasteiger partial charge on any atom is 0.416 e. The van der Waals surface area contributed by atoms with E-state index in [0.29, 0.717) is 44.0 Å². The highest BCUT2D eigenvalue weighted by Crippen LogP contribution is 2.30. The van der Waals surface area contributed by atoms with Crippen LogP contribution in [-0.4, -0.2) is 47.0 Å². The zero-order chi connectivity index (χ0) is 27.6. The number of carbonyl (C=O) groups excluding carboxylic acids is 1. The number of hydrogen-bond acceptors (Lipinski definition) is 4. The third-order valence-electron chi connectivity index (χ3n) is 6.82. The summed E-state index contributed by atoms with van der Waals surface area (Å²) in [6, 6.07) is 20.4. The minimum Gasteiger partial charge on any atom is -0.353 e. The Morgan fingerprint density at radius 1 is 0.872 bits per heavy atom. The van der Waals surface area contributed by atoms with Crippen LogP contribution in [0.2, 0.25) is 0 Å². The van der Waals surface area contributed by atoms with Crippen molar-refractivity contribution in [3.63, 3.8) is 0 Å². The molecular weight excluding hydrogens is 508 g/mol. The quantitative estimate of drug-likeness (QED) is 0.288. The Labute approximate surface area is 223 Å². The summed E-state index contributed by atoms with van der Waals surface area (Å²) in [5, 5.41) is 0. The van der Waals surface area contributed by atoms with Gasteiger partial charge in [-0.1, -0.05) is 42.5 Å². The maximum atomic E-state index is 14.0. The van der Waals surface area contributed by atoms with E-state index < -0.39 is 11.7 Å². The van der Waals surface area contributed by atoms with Gasteiger partial charge in [0.1, 0.15) is 11.6 Å². The van der Waals surface area contributed by atoms with E-state index >= 15 is 0 Å². The van der Waals surface area contributed by atoms with Gasteiger partial charge >= 0.3 is 6.18 Å². The number of aromatic nitrogens is 2. The molecule has 0 atom stereocenters. The summed E-state index contributed by atoms with van der Waals surface area (Å²) < 4.78 is 52.7. The van der Waals surface area contributed by atoms with Crippen LogP contribution in [0.1, 0.15) is 32.7 Å². The van der Waals surface area contributed by atoms with Crippen LogP contribution in [0.4, 0.5) is 23.4 Å². The molecule has 0 unspecified atom stereocenters. The number of rotatable bonds is 5. The van der Waals surface area contributed by atoms with Gasteiger partial charge in [-0.05, 0) is 48.9 Å². The predicted octanol–water partition coefficient (Wildman–Crippen LogP) is 6.16. The van der Waals surface area contributed by atoms with Gasteiger partial charge in [0.2, 0.25) is 0 Å². The van der Waals surface area contributed by atoms with Crippen LogP contribution in [-0.2, 0) is 12.6 Å². The fourth-order valence-corrected chi connectivity index (χ4v) is 4.71. The predicted molar refractivity (Wildman–Crippen MR) is 141 cm³/mol. The standard InChI is InChI=1S/C30H26F4N4O/c1-20-26(18-21-6-3-2-4-7-21)28(36-27(35-20)23-8-5-9-25(31)19-23)37-14-16-38(17-15-37)29(39)22-10-12-24(13-11-22)30(32,33)34/h2-13,19H,14-18H2,1H3. The Balaban J connectivity index is 1.40. The molecule has 1 aliphatic heterocycles. The van der Waals surface area contributed by atoms with Crippen molar-refractivity contribution in [2.24, 2.45) is 0 Å². The van der Waals surface area contributed by atoms with Crippen molar-refractivity contribution in [3.8, 4) is 11.4 Å². The minimum absolute atomic E-state index is 0.215. The molecule has 1 fully saturated rings. The fourth-order valence-electron chi connectivity index (χ4n) is 4.71. The number of benzene rings is 3. The number of aryl methyl sites for hydroxylation is 1. The largest absolute Gasteiger partial charge is 0.416 e. The normalized spacial score (nSPS) is 14.0. The van der Waals surface area contributed by atoms with Gasteiger partial charge in [0, 0.05) is 55.0 Å². The summed E-state index contributed by atoms with van der Waals surface area (Å²) in [5.41, 5.74) is 2.83. The zero-order valence-electron chi connectivity index (χ0n) is 21.3. The van der Waals surface area contributed by atoms with Gasteiger partial charge in [0.25, 0.3) is 5.91 Å². The first-order valence-corrected chi connectivity index (χ1v) is 12.6. The summed E-state index contributed by atoms with van der Waals surface area (Å²) >= 11 is 0. The van der Waals surface area contributed by atoms with E-state index in [2.05, 4.69) is 4.90 Å². The molecule has 39 heavy (non-hydrogen) atoms. The monoisotopic (exact) mass is 534 g/mol. The van der Waals surface area contributed by atoms with Crippen molar-refractivity contribution in [2.75, 3.05) is 31.1 Å². The highest BCUT2D eigenvalue weighted by atomic mass is 19.4. The molecule has 5 rings (SSSR count). The summed E-state index contributed by atoms with van der Waals surface area (Å²) in [4.78, 5) is 26.3. The van der Waals surface area contributed by atoms with Crippen molar-refractivity contribution in [2.45, 2.75) is 19.5 Å². The molecule has 1 aromatic heterocycles.